The number of hydrogen-bond acceptors (Lipinski definition) is 5. The first kappa shape index (κ1) is 23.5. The minimum atomic E-state index is -3.96. The lowest BCUT2D eigenvalue weighted by molar-refractivity contribution is -0.132. The Balaban J connectivity index is 1.75. The van der Waals surface area contributed by atoms with Gasteiger partial charge in [0.2, 0.25) is 21.8 Å². The monoisotopic (exact) mass is 485 g/mol. The molecule has 0 radical (unpaired) electrons. The highest BCUT2D eigenvalue weighted by Gasteiger charge is 2.34. The lowest BCUT2D eigenvalue weighted by Gasteiger charge is -2.24. The summed E-state index contributed by atoms with van der Waals surface area (Å²) in [6.45, 7) is -0.444. The van der Waals surface area contributed by atoms with Crippen LogP contribution in [-0.4, -0.2) is 69.5 Å². The van der Waals surface area contributed by atoms with Gasteiger partial charge in [-0.25, -0.2) is 8.42 Å². The van der Waals surface area contributed by atoms with Crippen LogP contribution in [0.1, 0.15) is 0 Å². The van der Waals surface area contributed by atoms with Crippen molar-refractivity contribution >= 4 is 50.7 Å². The highest BCUT2D eigenvalue weighted by Crippen LogP contribution is 2.23. The normalized spacial score (nSPS) is 14.5. The van der Waals surface area contributed by atoms with Crippen molar-refractivity contribution in [1.29, 1.82) is 0 Å². The summed E-state index contributed by atoms with van der Waals surface area (Å²) in [6, 6.07) is 12.4. The summed E-state index contributed by atoms with van der Waals surface area (Å²) in [4.78, 5) is 28.1. The van der Waals surface area contributed by atoms with Crippen LogP contribution >= 0.6 is 23.2 Å². The van der Waals surface area contributed by atoms with Gasteiger partial charge in [-0.1, -0.05) is 23.2 Å². The Labute approximate surface area is 190 Å². The van der Waals surface area contributed by atoms with Crippen molar-refractivity contribution in [2.24, 2.45) is 0 Å². The number of methoxy groups -OCH3 is 1. The molecule has 0 spiro atoms. The van der Waals surface area contributed by atoms with Crippen molar-refractivity contribution in [3.8, 4) is 0 Å². The topological polar surface area (TPSA) is 87.2 Å². The molecule has 1 saturated heterocycles. The van der Waals surface area contributed by atoms with E-state index in [-0.39, 0.29) is 37.2 Å². The molecule has 0 aliphatic carbocycles. The second-order valence-corrected chi connectivity index (χ2v) is 9.63. The number of benzene rings is 2. The van der Waals surface area contributed by atoms with E-state index in [4.69, 9.17) is 27.9 Å². The van der Waals surface area contributed by atoms with Crippen molar-refractivity contribution < 1.29 is 22.7 Å². The number of rotatable bonds is 8. The summed E-state index contributed by atoms with van der Waals surface area (Å²) in [7, 11) is -2.52. The van der Waals surface area contributed by atoms with E-state index in [2.05, 4.69) is 0 Å². The van der Waals surface area contributed by atoms with Gasteiger partial charge in [-0.15, -0.1) is 0 Å². The summed E-state index contributed by atoms with van der Waals surface area (Å²) >= 11 is 11.7. The quantitative estimate of drug-likeness (QED) is 0.572. The maximum absolute atomic E-state index is 13.0. The fourth-order valence-corrected chi connectivity index (χ4v) is 4.67. The Bertz CT molecular complexity index is 1050. The minimum Gasteiger partial charge on any atom is -0.383 e. The molecule has 31 heavy (non-hydrogen) atoms. The van der Waals surface area contributed by atoms with E-state index in [9.17, 15) is 18.0 Å². The predicted molar refractivity (Wildman–Crippen MR) is 118 cm³/mol. The molecule has 0 bridgehead atoms. The molecule has 11 heteroatoms. The third-order valence-corrected chi connectivity index (χ3v) is 7.10. The summed E-state index contributed by atoms with van der Waals surface area (Å²) in [6.07, 6.45) is 0. The first-order valence-electron chi connectivity index (χ1n) is 9.30. The second-order valence-electron chi connectivity index (χ2n) is 6.82. The van der Waals surface area contributed by atoms with Gasteiger partial charge in [0.05, 0.1) is 18.0 Å². The summed E-state index contributed by atoms with van der Waals surface area (Å²) in [5.41, 5.74) is 0.606. The molecular weight excluding hydrogens is 465 g/mol. The van der Waals surface area contributed by atoms with Gasteiger partial charge in [-0.05, 0) is 48.5 Å². The van der Waals surface area contributed by atoms with Crippen LogP contribution in [0.4, 0.5) is 5.69 Å². The van der Waals surface area contributed by atoms with Gasteiger partial charge in [0.25, 0.3) is 0 Å². The highest BCUT2D eigenvalue weighted by atomic mass is 35.5. The molecule has 0 aromatic heterocycles. The maximum Gasteiger partial charge on any atom is 0.248 e. The number of ether oxygens (including phenoxy) is 1. The molecule has 0 atom stereocenters. The number of amides is 2. The molecule has 0 unspecified atom stereocenters. The van der Waals surface area contributed by atoms with E-state index >= 15 is 0 Å². The zero-order chi connectivity index (χ0) is 22.6. The molecule has 0 N–H and O–H groups in total. The Hall–Kier alpha value is -2.17. The number of hydrogen-bond donors (Lipinski definition) is 0. The fourth-order valence-electron chi connectivity index (χ4n) is 3.05. The lowest BCUT2D eigenvalue weighted by atomic mass is 10.3. The smallest absolute Gasteiger partial charge is 0.248 e. The van der Waals surface area contributed by atoms with Crippen LogP contribution in [0.25, 0.3) is 0 Å². The highest BCUT2D eigenvalue weighted by molar-refractivity contribution is 7.89. The van der Waals surface area contributed by atoms with Crippen LogP contribution in [0.5, 0.6) is 0 Å². The van der Waals surface area contributed by atoms with Crippen molar-refractivity contribution in [3.05, 3.63) is 58.6 Å². The molecule has 1 heterocycles. The zero-order valence-corrected chi connectivity index (χ0v) is 19.0. The van der Waals surface area contributed by atoms with E-state index in [0.29, 0.717) is 15.7 Å². The number of nitrogens with zero attached hydrogens (tertiary/aromatic N) is 3. The summed E-state index contributed by atoms with van der Waals surface area (Å²) in [5.74, 6) is -0.752. The van der Waals surface area contributed by atoms with E-state index in [1.54, 1.807) is 24.3 Å². The van der Waals surface area contributed by atoms with Crippen LogP contribution < -0.4 is 4.90 Å². The number of halogens is 2. The van der Waals surface area contributed by atoms with E-state index in [1.807, 2.05) is 0 Å². The van der Waals surface area contributed by atoms with E-state index < -0.39 is 22.5 Å². The van der Waals surface area contributed by atoms with Gasteiger partial charge >= 0.3 is 0 Å². The molecule has 1 fully saturated rings. The minimum absolute atomic E-state index is 0.0149. The van der Waals surface area contributed by atoms with Crippen molar-refractivity contribution in [3.63, 3.8) is 0 Å². The third-order valence-electron chi connectivity index (χ3n) is 4.74. The van der Waals surface area contributed by atoms with Crippen LogP contribution in [-0.2, 0) is 24.3 Å². The molecule has 1 aliphatic heterocycles. The van der Waals surface area contributed by atoms with Gasteiger partial charge in [0.1, 0.15) is 13.2 Å². The number of carbonyl (C=O) groups is 2. The standard InChI is InChI=1S/C20H21Cl2N3O5S/c1-30-11-10-24(31(28,29)18-8-4-16(22)5-9-18)13-19(26)23-12-20(27)25(14-23)17-6-2-15(21)3-7-17/h2-9H,10-14H2,1H3. The Kier molecular flexibility index (Phi) is 7.55. The average molecular weight is 486 g/mol. The first-order chi connectivity index (χ1) is 14.7. The molecule has 2 aromatic rings. The third kappa shape index (κ3) is 5.55. The molecule has 2 amide bonds. The van der Waals surface area contributed by atoms with Crippen LogP contribution in [0.2, 0.25) is 10.0 Å². The molecule has 2 aromatic carbocycles. The Morgan fingerprint density at radius 2 is 1.65 bits per heavy atom. The van der Waals surface area contributed by atoms with Crippen molar-refractivity contribution in [1.82, 2.24) is 9.21 Å². The molecule has 166 valence electrons. The Morgan fingerprint density at radius 3 is 2.23 bits per heavy atom. The van der Waals surface area contributed by atoms with Gasteiger partial charge in [0.15, 0.2) is 0 Å². The van der Waals surface area contributed by atoms with Crippen molar-refractivity contribution in [2.45, 2.75) is 4.90 Å². The molecule has 8 nitrogen and oxygen atoms in total. The molecule has 0 saturated carbocycles. The summed E-state index contributed by atoms with van der Waals surface area (Å²) < 4.78 is 32.1. The largest absolute Gasteiger partial charge is 0.383 e. The second kappa shape index (κ2) is 9.97. The Morgan fingerprint density at radius 1 is 1.06 bits per heavy atom. The van der Waals surface area contributed by atoms with E-state index in [0.717, 1.165) is 4.31 Å². The number of anilines is 1. The van der Waals surface area contributed by atoms with Crippen LogP contribution in [0.15, 0.2) is 53.4 Å². The SMILES string of the molecule is COCCN(CC(=O)N1CC(=O)N(c2ccc(Cl)cc2)C1)S(=O)(=O)c1ccc(Cl)cc1. The maximum atomic E-state index is 13.0. The van der Waals surface area contributed by atoms with Gasteiger partial charge < -0.3 is 9.64 Å². The first-order valence-corrected chi connectivity index (χ1v) is 11.5. The number of carbonyl (C=O) groups excluding carboxylic acids is 2. The summed E-state index contributed by atoms with van der Waals surface area (Å²) in [5, 5.41) is 0.931. The lowest BCUT2D eigenvalue weighted by Crippen LogP contribution is -2.43. The number of sulfonamides is 1. The van der Waals surface area contributed by atoms with Crippen LogP contribution in [0, 0.1) is 0 Å². The van der Waals surface area contributed by atoms with Gasteiger partial charge in [-0.2, -0.15) is 4.31 Å². The van der Waals surface area contributed by atoms with E-state index in [1.165, 1.54) is 41.2 Å². The van der Waals surface area contributed by atoms with Gasteiger partial charge in [-0.3, -0.25) is 14.5 Å². The zero-order valence-electron chi connectivity index (χ0n) is 16.7. The van der Waals surface area contributed by atoms with Gasteiger partial charge in [0, 0.05) is 29.4 Å². The van der Waals surface area contributed by atoms with Crippen molar-refractivity contribution in [2.75, 3.05) is 44.9 Å². The molecular formula is C20H21Cl2N3O5S. The molecule has 3 rings (SSSR count). The fraction of sp³-hybridized carbons (Fsp3) is 0.300. The van der Waals surface area contributed by atoms with Crippen LogP contribution in [0.3, 0.4) is 0 Å². The average Bonchev–Trinajstić information content (AvgIpc) is 3.13. The predicted octanol–water partition coefficient (Wildman–Crippen LogP) is 2.46. The molecule has 1 aliphatic rings.